The number of nitrogens with two attached hydrogens (primary N) is 1. The molecule has 0 unspecified atom stereocenters. The van der Waals surface area contributed by atoms with Gasteiger partial charge in [0, 0.05) is 12.6 Å². The van der Waals surface area contributed by atoms with Crippen LogP contribution in [-0.2, 0) is 13.2 Å². The van der Waals surface area contributed by atoms with Crippen molar-refractivity contribution in [2.24, 2.45) is 7.05 Å². The van der Waals surface area contributed by atoms with Crippen molar-refractivity contribution in [3.63, 3.8) is 0 Å². The average Bonchev–Trinajstić information content (AvgIpc) is 2.35. The number of benzene rings is 1. The van der Waals surface area contributed by atoms with Crippen molar-refractivity contribution in [1.82, 2.24) is 9.78 Å². The van der Waals surface area contributed by atoms with Gasteiger partial charge in [-0.1, -0.05) is 12.1 Å². The van der Waals surface area contributed by atoms with Gasteiger partial charge in [-0.3, -0.25) is 4.79 Å². The van der Waals surface area contributed by atoms with Gasteiger partial charge in [0.05, 0.1) is 11.8 Å². The lowest BCUT2D eigenvalue weighted by atomic mass is 10.0. The third kappa shape index (κ3) is 2.44. The molecule has 4 nitrogen and oxygen atoms in total. The first-order valence-corrected chi connectivity index (χ1v) is 5.30. The van der Waals surface area contributed by atoms with Crippen LogP contribution in [0.2, 0.25) is 0 Å². The Balaban J connectivity index is 2.61. The third-order valence-electron chi connectivity index (χ3n) is 2.68. The third-order valence-corrected chi connectivity index (χ3v) is 2.68. The predicted octanol–water partition coefficient (Wildman–Crippen LogP) is 2.05. The summed E-state index contributed by atoms with van der Waals surface area (Å²) in [6.07, 6.45) is -3.18. The number of alkyl halides is 3. The summed E-state index contributed by atoms with van der Waals surface area (Å²) in [5.41, 5.74) is 4.54. The average molecular weight is 269 g/mol. The Morgan fingerprint density at radius 3 is 2.63 bits per heavy atom. The Morgan fingerprint density at radius 1 is 1.32 bits per heavy atom. The molecule has 1 aromatic heterocycles. The van der Waals surface area contributed by atoms with Crippen LogP contribution >= 0.6 is 0 Å². The van der Waals surface area contributed by atoms with E-state index in [9.17, 15) is 18.0 Å². The van der Waals surface area contributed by atoms with E-state index in [-0.39, 0.29) is 16.8 Å². The smallest absolute Gasteiger partial charge is 0.394 e. The molecule has 2 rings (SSSR count). The summed E-state index contributed by atoms with van der Waals surface area (Å²) in [5, 5.41) is 3.75. The van der Waals surface area contributed by atoms with Gasteiger partial charge in [0.25, 0.3) is 5.56 Å². The maximum absolute atomic E-state index is 12.6. The number of nitrogens with zero attached hydrogens (tertiary/aromatic N) is 2. The van der Waals surface area contributed by atoms with Crippen molar-refractivity contribution in [2.75, 3.05) is 5.73 Å². The van der Waals surface area contributed by atoms with Crippen LogP contribution in [-0.4, -0.2) is 9.78 Å². The number of rotatable bonds is 1. The topological polar surface area (TPSA) is 60.9 Å². The maximum atomic E-state index is 12.6. The van der Waals surface area contributed by atoms with Crippen molar-refractivity contribution in [2.45, 2.75) is 6.18 Å². The van der Waals surface area contributed by atoms with Gasteiger partial charge >= 0.3 is 6.18 Å². The van der Waals surface area contributed by atoms with E-state index in [1.165, 1.54) is 25.4 Å². The van der Waals surface area contributed by atoms with E-state index >= 15 is 0 Å². The lowest BCUT2D eigenvalue weighted by Crippen LogP contribution is -2.23. The summed E-state index contributed by atoms with van der Waals surface area (Å²) in [6.45, 7) is 0. The predicted molar refractivity (Wildman–Crippen MR) is 64.3 cm³/mol. The number of hydrogen-bond acceptors (Lipinski definition) is 3. The molecule has 2 aromatic rings. The second kappa shape index (κ2) is 4.42. The molecule has 0 radical (unpaired) electrons. The number of anilines is 1. The standard InChI is InChI=1S/C12H10F3N3O/c1-18-11(19)10(16)9(6-17-18)7-3-2-4-8(5-7)12(13,14)15/h2-6H,16H2,1H3. The highest BCUT2D eigenvalue weighted by Gasteiger charge is 2.30. The van der Waals surface area contributed by atoms with Crippen molar-refractivity contribution in [3.8, 4) is 11.1 Å². The van der Waals surface area contributed by atoms with Gasteiger partial charge in [-0.2, -0.15) is 18.3 Å². The molecule has 0 aliphatic rings. The second-order valence-corrected chi connectivity index (χ2v) is 3.98. The molecule has 0 amide bonds. The Labute approximate surface area is 106 Å². The van der Waals surface area contributed by atoms with E-state index in [2.05, 4.69) is 5.10 Å². The summed E-state index contributed by atoms with van der Waals surface area (Å²) in [4.78, 5) is 11.6. The van der Waals surface area contributed by atoms with Gasteiger partial charge in [0.15, 0.2) is 0 Å². The van der Waals surface area contributed by atoms with E-state index in [1.54, 1.807) is 0 Å². The minimum absolute atomic E-state index is 0.128. The molecule has 0 saturated carbocycles. The van der Waals surface area contributed by atoms with Crippen molar-refractivity contribution < 1.29 is 13.2 Å². The summed E-state index contributed by atoms with van der Waals surface area (Å²) in [7, 11) is 1.41. The zero-order valence-electron chi connectivity index (χ0n) is 9.90. The molecule has 0 fully saturated rings. The Bertz CT molecular complexity index is 677. The molecule has 1 heterocycles. The first-order chi connectivity index (χ1) is 8.80. The lowest BCUT2D eigenvalue weighted by molar-refractivity contribution is -0.137. The van der Waals surface area contributed by atoms with Gasteiger partial charge in [-0.05, 0) is 17.7 Å². The highest BCUT2D eigenvalue weighted by Crippen LogP contribution is 2.32. The molecule has 0 saturated heterocycles. The highest BCUT2D eigenvalue weighted by molar-refractivity contribution is 5.75. The number of halogens is 3. The first kappa shape index (κ1) is 13.1. The molecule has 0 aliphatic heterocycles. The van der Waals surface area contributed by atoms with E-state index in [4.69, 9.17) is 5.73 Å². The van der Waals surface area contributed by atoms with E-state index in [1.807, 2.05) is 0 Å². The van der Waals surface area contributed by atoms with Gasteiger partial charge < -0.3 is 5.73 Å². The molecule has 0 atom stereocenters. The van der Waals surface area contributed by atoms with Crippen LogP contribution in [0.5, 0.6) is 0 Å². The maximum Gasteiger partial charge on any atom is 0.416 e. The largest absolute Gasteiger partial charge is 0.416 e. The van der Waals surface area contributed by atoms with Crippen LogP contribution in [0.3, 0.4) is 0 Å². The molecule has 0 spiro atoms. The monoisotopic (exact) mass is 269 g/mol. The van der Waals surface area contributed by atoms with E-state index in [0.717, 1.165) is 16.8 Å². The molecule has 0 aliphatic carbocycles. The Hall–Kier alpha value is -2.31. The van der Waals surface area contributed by atoms with Crippen molar-refractivity contribution in [3.05, 3.63) is 46.4 Å². The number of aryl methyl sites for hydroxylation is 1. The molecule has 0 bridgehead atoms. The highest BCUT2D eigenvalue weighted by atomic mass is 19.4. The Kier molecular flexibility index (Phi) is 3.05. The van der Waals surface area contributed by atoms with E-state index in [0.29, 0.717) is 0 Å². The molecular weight excluding hydrogens is 259 g/mol. The number of aromatic nitrogens is 2. The minimum atomic E-state index is -4.45. The second-order valence-electron chi connectivity index (χ2n) is 3.98. The molecule has 100 valence electrons. The fraction of sp³-hybridized carbons (Fsp3) is 0.167. The van der Waals surface area contributed by atoms with Crippen LogP contribution in [0.1, 0.15) is 5.56 Å². The van der Waals surface area contributed by atoms with Gasteiger partial charge in [-0.25, -0.2) is 4.68 Å². The minimum Gasteiger partial charge on any atom is -0.394 e. The van der Waals surface area contributed by atoms with Gasteiger partial charge in [0.2, 0.25) is 0 Å². The van der Waals surface area contributed by atoms with Crippen LogP contribution < -0.4 is 11.3 Å². The molecule has 7 heteroatoms. The summed E-state index contributed by atoms with van der Waals surface area (Å²) < 4.78 is 38.9. The summed E-state index contributed by atoms with van der Waals surface area (Å²) in [6, 6.07) is 4.60. The normalized spacial score (nSPS) is 11.6. The van der Waals surface area contributed by atoms with Crippen LogP contribution in [0.15, 0.2) is 35.3 Å². The van der Waals surface area contributed by atoms with Gasteiger partial charge in [0.1, 0.15) is 5.69 Å². The summed E-state index contributed by atoms with van der Waals surface area (Å²) in [5.74, 6) is 0. The fourth-order valence-electron chi connectivity index (χ4n) is 1.65. The summed E-state index contributed by atoms with van der Waals surface area (Å²) >= 11 is 0. The van der Waals surface area contributed by atoms with Crippen molar-refractivity contribution in [1.29, 1.82) is 0 Å². The molecule has 2 N–H and O–H groups in total. The fourth-order valence-corrected chi connectivity index (χ4v) is 1.65. The van der Waals surface area contributed by atoms with Crippen molar-refractivity contribution >= 4 is 5.69 Å². The quantitative estimate of drug-likeness (QED) is 0.861. The zero-order valence-corrected chi connectivity index (χ0v) is 9.90. The van der Waals surface area contributed by atoms with Crippen LogP contribution in [0.25, 0.3) is 11.1 Å². The van der Waals surface area contributed by atoms with Crippen LogP contribution in [0, 0.1) is 0 Å². The molecule has 19 heavy (non-hydrogen) atoms. The first-order valence-electron chi connectivity index (χ1n) is 5.30. The lowest BCUT2D eigenvalue weighted by Gasteiger charge is -2.10. The van der Waals surface area contributed by atoms with E-state index < -0.39 is 17.3 Å². The molecule has 1 aromatic carbocycles. The molecular formula is C12H10F3N3O. The SMILES string of the molecule is Cn1ncc(-c2cccc(C(F)(F)F)c2)c(N)c1=O. The zero-order chi connectivity index (χ0) is 14.2. The number of nitrogen functional groups attached to an aromatic ring is 1. The Morgan fingerprint density at radius 2 is 2.00 bits per heavy atom. The number of hydrogen-bond donors (Lipinski definition) is 1. The van der Waals surface area contributed by atoms with Crippen LogP contribution in [0.4, 0.5) is 18.9 Å². The van der Waals surface area contributed by atoms with Gasteiger partial charge in [-0.15, -0.1) is 0 Å².